The number of nitrogens with zero attached hydrogens (tertiary/aromatic N) is 1. The third-order valence-electron chi connectivity index (χ3n) is 6.84. The van der Waals surface area contributed by atoms with Crippen molar-refractivity contribution in [2.45, 2.75) is 50.5 Å². The van der Waals surface area contributed by atoms with Crippen molar-refractivity contribution in [3.8, 4) is 0 Å². The molecule has 0 bridgehead atoms. The number of hydrogen-bond donors (Lipinski definition) is 3. The van der Waals surface area contributed by atoms with Crippen molar-refractivity contribution in [1.82, 2.24) is 10.2 Å². The van der Waals surface area contributed by atoms with Crippen LogP contribution in [-0.4, -0.2) is 52.6 Å². The Morgan fingerprint density at radius 2 is 1.72 bits per heavy atom. The van der Waals surface area contributed by atoms with Crippen LogP contribution in [0.4, 0.5) is 10.5 Å². The van der Waals surface area contributed by atoms with E-state index < -0.39 is 30.2 Å². The molecule has 3 aromatic carbocycles. The number of rotatable bonds is 10. The Balaban J connectivity index is 1.55. The number of carbonyl (C=O) groups is 3. The fourth-order valence-corrected chi connectivity index (χ4v) is 5.07. The Morgan fingerprint density at radius 1 is 1.03 bits per heavy atom. The molecule has 1 aliphatic rings. The maximum absolute atomic E-state index is 14.0. The van der Waals surface area contributed by atoms with Crippen molar-refractivity contribution >= 4 is 35.2 Å². The molecular formula is C30H32ClN3O5. The quantitative estimate of drug-likeness (QED) is 0.318. The van der Waals surface area contributed by atoms with E-state index in [2.05, 4.69) is 10.6 Å². The summed E-state index contributed by atoms with van der Waals surface area (Å²) in [7, 11) is 0. The largest absolute Gasteiger partial charge is 0.481 e. The molecule has 3 aromatic rings. The molecule has 204 valence electrons. The first-order chi connectivity index (χ1) is 18.8. The summed E-state index contributed by atoms with van der Waals surface area (Å²) in [5.41, 5.74) is 2.44. The van der Waals surface area contributed by atoms with Crippen molar-refractivity contribution < 1.29 is 24.2 Å². The van der Waals surface area contributed by atoms with E-state index in [9.17, 15) is 19.5 Å². The lowest BCUT2D eigenvalue weighted by Crippen LogP contribution is -2.56. The predicted molar refractivity (Wildman–Crippen MR) is 150 cm³/mol. The molecule has 1 heterocycles. The molecule has 1 aliphatic heterocycles. The topological polar surface area (TPSA) is 108 Å². The summed E-state index contributed by atoms with van der Waals surface area (Å²) in [5, 5.41) is 15.5. The summed E-state index contributed by atoms with van der Waals surface area (Å²) in [6.07, 6.45) is -0.373. The van der Waals surface area contributed by atoms with Gasteiger partial charge in [-0.05, 0) is 42.7 Å². The highest BCUT2D eigenvalue weighted by Gasteiger charge is 2.41. The van der Waals surface area contributed by atoms with Gasteiger partial charge in [-0.3, -0.25) is 9.59 Å². The molecule has 0 spiro atoms. The molecule has 0 radical (unpaired) electrons. The SMILES string of the molecule is CC(OCc1ccccc1)C(NC(=O)Nc1cccc(Cl)c1)C(=O)N1C[C@@H](c2ccccc2)C[C@@H]1CC(=O)O. The molecule has 4 rings (SSSR count). The predicted octanol–water partition coefficient (Wildman–Crippen LogP) is 5.29. The molecule has 0 aromatic heterocycles. The summed E-state index contributed by atoms with van der Waals surface area (Å²) in [6, 6.07) is 23.8. The molecule has 0 saturated carbocycles. The number of benzene rings is 3. The third-order valence-corrected chi connectivity index (χ3v) is 7.07. The highest BCUT2D eigenvalue weighted by Crippen LogP contribution is 2.34. The monoisotopic (exact) mass is 549 g/mol. The Bertz CT molecular complexity index is 1270. The second-order valence-corrected chi connectivity index (χ2v) is 10.1. The Kier molecular flexibility index (Phi) is 9.57. The zero-order chi connectivity index (χ0) is 27.8. The zero-order valence-corrected chi connectivity index (χ0v) is 22.4. The molecule has 8 nitrogen and oxygen atoms in total. The molecule has 3 amide bonds. The minimum Gasteiger partial charge on any atom is -0.481 e. The summed E-state index contributed by atoms with van der Waals surface area (Å²) < 4.78 is 6.04. The minimum absolute atomic E-state index is 0.0130. The standard InChI is InChI=1S/C30H32ClN3O5/c1-20(39-19-21-9-4-2-5-10-21)28(33-30(38)32-25-14-8-13-24(31)16-25)29(37)34-18-23(15-26(34)17-27(35)36)22-11-6-3-7-12-22/h2-14,16,20,23,26,28H,15,17-19H2,1H3,(H,35,36)(H2,32,33,38)/t20?,23-,26+,28?/m0/s1. The summed E-state index contributed by atoms with van der Waals surface area (Å²) in [4.78, 5) is 40.3. The maximum Gasteiger partial charge on any atom is 0.319 e. The van der Waals surface area contributed by atoms with E-state index in [0.29, 0.717) is 23.7 Å². The normalized spacial score (nSPS) is 18.3. The van der Waals surface area contributed by atoms with Crippen molar-refractivity contribution in [3.05, 3.63) is 101 Å². The summed E-state index contributed by atoms with van der Waals surface area (Å²) in [5.74, 6) is -1.38. The summed E-state index contributed by atoms with van der Waals surface area (Å²) in [6.45, 7) is 2.32. The maximum atomic E-state index is 14.0. The van der Waals surface area contributed by atoms with Gasteiger partial charge in [-0.25, -0.2) is 4.79 Å². The molecule has 4 atom stereocenters. The van der Waals surface area contributed by atoms with Gasteiger partial charge in [0.2, 0.25) is 5.91 Å². The number of urea groups is 1. The van der Waals surface area contributed by atoms with Gasteiger partial charge in [-0.1, -0.05) is 78.3 Å². The summed E-state index contributed by atoms with van der Waals surface area (Å²) >= 11 is 6.04. The van der Waals surface area contributed by atoms with Crippen LogP contribution in [0, 0.1) is 0 Å². The molecular weight excluding hydrogens is 518 g/mol. The Labute approximate surface area is 232 Å². The number of nitrogens with one attached hydrogen (secondary N) is 2. The van der Waals surface area contributed by atoms with E-state index in [0.717, 1.165) is 11.1 Å². The Morgan fingerprint density at radius 3 is 2.38 bits per heavy atom. The van der Waals surface area contributed by atoms with Crippen LogP contribution < -0.4 is 10.6 Å². The number of carboxylic acids is 1. The second-order valence-electron chi connectivity index (χ2n) is 9.67. The molecule has 39 heavy (non-hydrogen) atoms. The van der Waals surface area contributed by atoms with E-state index in [-0.39, 0.29) is 24.9 Å². The fourth-order valence-electron chi connectivity index (χ4n) is 4.88. The number of ether oxygens (including phenoxy) is 1. The molecule has 1 saturated heterocycles. The van der Waals surface area contributed by atoms with Gasteiger partial charge in [0.1, 0.15) is 6.04 Å². The third kappa shape index (κ3) is 7.81. The fraction of sp³-hybridized carbons (Fsp3) is 0.300. The molecule has 9 heteroatoms. The van der Waals surface area contributed by atoms with Crippen molar-refractivity contribution in [3.63, 3.8) is 0 Å². The molecule has 2 unspecified atom stereocenters. The first kappa shape index (κ1) is 28.1. The van der Waals surface area contributed by atoms with Crippen molar-refractivity contribution in [2.24, 2.45) is 0 Å². The lowest BCUT2D eigenvalue weighted by atomic mass is 9.95. The van der Waals surface area contributed by atoms with E-state index >= 15 is 0 Å². The lowest BCUT2D eigenvalue weighted by molar-refractivity contribution is -0.142. The first-order valence-electron chi connectivity index (χ1n) is 12.9. The number of amides is 3. The van der Waals surface area contributed by atoms with E-state index in [1.54, 1.807) is 36.1 Å². The highest BCUT2D eigenvalue weighted by molar-refractivity contribution is 6.30. The zero-order valence-electron chi connectivity index (χ0n) is 21.6. The number of aliphatic carboxylic acids is 1. The van der Waals surface area contributed by atoms with Gasteiger partial charge in [-0.2, -0.15) is 0 Å². The van der Waals surface area contributed by atoms with Gasteiger partial charge in [0.15, 0.2) is 0 Å². The van der Waals surface area contributed by atoms with Gasteiger partial charge < -0.3 is 25.4 Å². The van der Waals surface area contributed by atoms with Crippen LogP contribution in [0.15, 0.2) is 84.9 Å². The van der Waals surface area contributed by atoms with Crippen LogP contribution in [0.5, 0.6) is 0 Å². The second kappa shape index (κ2) is 13.3. The number of carbonyl (C=O) groups excluding carboxylic acids is 2. The number of carboxylic acid groups (broad SMARTS) is 1. The van der Waals surface area contributed by atoms with E-state index in [1.807, 2.05) is 60.7 Å². The van der Waals surface area contributed by atoms with Crippen LogP contribution in [0.3, 0.4) is 0 Å². The van der Waals surface area contributed by atoms with Crippen molar-refractivity contribution in [2.75, 3.05) is 11.9 Å². The molecule has 3 N–H and O–H groups in total. The molecule has 1 fully saturated rings. The first-order valence-corrected chi connectivity index (χ1v) is 13.2. The molecule has 0 aliphatic carbocycles. The average molecular weight is 550 g/mol. The van der Waals surface area contributed by atoms with Crippen LogP contribution in [0.1, 0.15) is 36.8 Å². The number of hydrogen-bond acceptors (Lipinski definition) is 4. The van der Waals surface area contributed by atoms with Crippen LogP contribution in [-0.2, 0) is 20.9 Å². The van der Waals surface area contributed by atoms with Gasteiger partial charge in [-0.15, -0.1) is 0 Å². The Hall–Kier alpha value is -3.88. The van der Waals surface area contributed by atoms with Crippen LogP contribution >= 0.6 is 11.6 Å². The van der Waals surface area contributed by atoms with Crippen molar-refractivity contribution in [1.29, 1.82) is 0 Å². The van der Waals surface area contributed by atoms with E-state index in [1.165, 1.54) is 0 Å². The van der Waals surface area contributed by atoms with E-state index in [4.69, 9.17) is 16.3 Å². The number of anilines is 1. The smallest absolute Gasteiger partial charge is 0.319 e. The van der Waals surface area contributed by atoms with Crippen LogP contribution in [0.25, 0.3) is 0 Å². The van der Waals surface area contributed by atoms with Gasteiger partial charge in [0.25, 0.3) is 0 Å². The number of halogens is 1. The average Bonchev–Trinajstić information content (AvgIpc) is 3.34. The lowest BCUT2D eigenvalue weighted by Gasteiger charge is -2.31. The highest BCUT2D eigenvalue weighted by atomic mass is 35.5. The van der Waals surface area contributed by atoms with Gasteiger partial charge >= 0.3 is 12.0 Å². The van der Waals surface area contributed by atoms with Gasteiger partial charge in [0, 0.05) is 29.2 Å². The minimum atomic E-state index is -1.06. The van der Waals surface area contributed by atoms with Crippen LogP contribution in [0.2, 0.25) is 5.02 Å². The van der Waals surface area contributed by atoms with Gasteiger partial charge in [0.05, 0.1) is 19.1 Å². The number of likely N-dealkylation sites (tertiary alicyclic amines) is 1.